The van der Waals surface area contributed by atoms with E-state index in [1.807, 2.05) is 19.0 Å². The lowest BCUT2D eigenvalue weighted by Gasteiger charge is -2.16. The van der Waals surface area contributed by atoms with E-state index in [1.165, 1.54) is 12.1 Å². The summed E-state index contributed by atoms with van der Waals surface area (Å²) in [5, 5.41) is 9.83. The van der Waals surface area contributed by atoms with Crippen molar-refractivity contribution < 1.29 is 19.4 Å². The number of hydrogen-bond acceptors (Lipinski definition) is 5. The fourth-order valence-electron chi connectivity index (χ4n) is 1.81. The van der Waals surface area contributed by atoms with Crippen LogP contribution in [-0.4, -0.2) is 42.5 Å². The largest absolute Gasteiger partial charge is 0.508 e. The number of hydrogen-bond donors (Lipinski definition) is 1. The summed E-state index contributed by atoms with van der Waals surface area (Å²) < 4.78 is 4.70. The molecule has 1 rings (SSSR count). The number of carbonyl (C=O) groups is 2. The zero-order valence-electron chi connectivity index (χ0n) is 11.7. The van der Waals surface area contributed by atoms with Crippen LogP contribution in [0.3, 0.4) is 0 Å². The van der Waals surface area contributed by atoms with Crippen LogP contribution in [0.2, 0.25) is 0 Å². The van der Waals surface area contributed by atoms with Gasteiger partial charge >= 0.3 is 5.97 Å². The van der Waals surface area contributed by atoms with Crippen molar-refractivity contribution in [3.8, 4) is 5.75 Å². The number of esters is 1. The van der Waals surface area contributed by atoms with E-state index in [4.69, 9.17) is 4.74 Å². The summed E-state index contributed by atoms with van der Waals surface area (Å²) in [4.78, 5) is 25.3. The van der Waals surface area contributed by atoms with Crippen molar-refractivity contribution in [1.82, 2.24) is 4.90 Å². The lowest BCUT2D eigenvalue weighted by Crippen LogP contribution is -2.20. The predicted octanol–water partition coefficient (Wildman–Crippen LogP) is 1.51. The third-order valence-electron chi connectivity index (χ3n) is 2.75. The van der Waals surface area contributed by atoms with Gasteiger partial charge in [-0.25, -0.2) is 4.79 Å². The average Bonchev–Trinajstić information content (AvgIpc) is 2.34. The topological polar surface area (TPSA) is 66.8 Å². The molecule has 0 fully saturated rings. The number of benzene rings is 1. The maximum atomic E-state index is 11.9. The molecule has 5 heteroatoms. The van der Waals surface area contributed by atoms with Crippen molar-refractivity contribution in [2.24, 2.45) is 0 Å². The summed E-state index contributed by atoms with van der Waals surface area (Å²) >= 11 is 0. The maximum Gasteiger partial charge on any atom is 0.379 e. The van der Waals surface area contributed by atoms with Crippen LogP contribution in [0.25, 0.3) is 0 Å². The third-order valence-corrected chi connectivity index (χ3v) is 2.75. The molecular weight excluding hydrogens is 246 g/mol. The van der Waals surface area contributed by atoms with Crippen LogP contribution >= 0.6 is 0 Å². The van der Waals surface area contributed by atoms with E-state index in [-0.39, 0.29) is 17.9 Å². The molecule has 19 heavy (non-hydrogen) atoms. The average molecular weight is 265 g/mol. The van der Waals surface area contributed by atoms with E-state index in [2.05, 4.69) is 0 Å². The van der Waals surface area contributed by atoms with Gasteiger partial charge in [0.05, 0.1) is 6.61 Å². The summed E-state index contributed by atoms with van der Waals surface area (Å²) in [7, 11) is 3.72. The fraction of sp³-hybridized carbons (Fsp3) is 0.429. The highest BCUT2D eigenvalue weighted by atomic mass is 16.5. The van der Waals surface area contributed by atoms with Crippen LogP contribution in [0.5, 0.6) is 5.75 Å². The molecule has 0 saturated heterocycles. The molecule has 0 atom stereocenters. The Hall–Kier alpha value is -1.88. The first-order chi connectivity index (χ1) is 8.88. The van der Waals surface area contributed by atoms with Crippen LogP contribution in [0.1, 0.15) is 28.4 Å². The Bertz CT molecular complexity index is 494. The molecule has 0 radical (unpaired) electrons. The zero-order valence-corrected chi connectivity index (χ0v) is 11.7. The van der Waals surface area contributed by atoms with Crippen molar-refractivity contribution in [3.63, 3.8) is 0 Å². The van der Waals surface area contributed by atoms with Crippen LogP contribution in [0.4, 0.5) is 0 Å². The van der Waals surface area contributed by atoms with Crippen molar-refractivity contribution in [3.05, 3.63) is 28.8 Å². The van der Waals surface area contributed by atoms with Gasteiger partial charge in [0, 0.05) is 17.7 Å². The number of carbonyl (C=O) groups excluding carboxylic acids is 2. The standard InChI is InChI=1S/C14H19NO4/c1-5-19-14(18)13(17)10-6-7-12(16)11(9(10)2)8-15(3)4/h6-7,16H,5,8H2,1-4H3. The van der Waals surface area contributed by atoms with Crippen LogP contribution in [-0.2, 0) is 16.1 Å². The molecule has 1 aromatic carbocycles. The Labute approximate surface area is 112 Å². The van der Waals surface area contributed by atoms with Gasteiger partial charge in [-0.05, 0) is 45.6 Å². The summed E-state index contributed by atoms with van der Waals surface area (Å²) in [6.45, 7) is 4.01. The van der Waals surface area contributed by atoms with E-state index in [1.54, 1.807) is 13.8 Å². The maximum absolute atomic E-state index is 11.9. The van der Waals surface area contributed by atoms with Gasteiger partial charge in [-0.1, -0.05) is 0 Å². The molecule has 0 aromatic heterocycles. The first-order valence-electron chi connectivity index (χ1n) is 6.06. The monoisotopic (exact) mass is 265 g/mol. The Kier molecular flexibility index (Phi) is 5.06. The number of Topliss-reactive ketones (excluding diaryl/α,β-unsaturated/α-hetero) is 1. The Morgan fingerprint density at radius 1 is 1.32 bits per heavy atom. The van der Waals surface area contributed by atoms with E-state index in [0.717, 1.165) is 0 Å². The summed E-state index contributed by atoms with van der Waals surface area (Å²) in [6.07, 6.45) is 0. The van der Waals surface area contributed by atoms with Crippen molar-refractivity contribution in [2.45, 2.75) is 20.4 Å². The number of phenols is 1. The van der Waals surface area contributed by atoms with Gasteiger partial charge in [0.1, 0.15) is 5.75 Å². The second-order valence-corrected chi connectivity index (χ2v) is 4.52. The fourth-order valence-corrected chi connectivity index (χ4v) is 1.81. The molecule has 0 bridgehead atoms. The Morgan fingerprint density at radius 3 is 2.47 bits per heavy atom. The first-order valence-corrected chi connectivity index (χ1v) is 6.06. The van der Waals surface area contributed by atoms with Crippen LogP contribution in [0.15, 0.2) is 12.1 Å². The smallest absolute Gasteiger partial charge is 0.379 e. The highest BCUT2D eigenvalue weighted by molar-refractivity contribution is 6.41. The highest BCUT2D eigenvalue weighted by Crippen LogP contribution is 2.25. The van der Waals surface area contributed by atoms with E-state index in [0.29, 0.717) is 17.7 Å². The molecule has 0 spiro atoms. The van der Waals surface area contributed by atoms with Gasteiger partial charge in [0.25, 0.3) is 5.78 Å². The number of phenolic OH excluding ortho intramolecular Hbond substituents is 1. The Balaban J connectivity index is 3.16. The van der Waals surface area contributed by atoms with E-state index >= 15 is 0 Å². The van der Waals surface area contributed by atoms with Crippen LogP contribution < -0.4 is 0 Å². The number of nitrogens with zero attached hydrogens (tertiary/aromatic N) is 1. The molecular formula is C14H19NO4. The van der Waals surface area contributed by atoms with Crippen molar-refractivity contribution in [1.29, 1.82) is 0 Å². The third kappa shape index (κ3) is 3.54. The first kappa shape index (κ1) is 15.2. The molecule has 5 nitrogen and oxygen atoms in total. The van der Waals surface area contributed by atoms with E-state index in [9.17, 15) is 14.7 Å². The minimum Gasteiger partial charge on any atom is -0.508 e. The summed E-state index contributed by atoms with van der Waals surface area (Å²) in [5.74, 6) is -1.43. The second kappa shape index (κ2) is 6.33. The second-order valence-electron chi connectivity index (χ2n) is 4.52. The van der Waals surface area contributed by atoms with Gasteiger partial charge in [-0.15, -0.1) is 0 Å². The summed E-state index contributed by atoms with van der Waals surface area (Å²) in [6, 6.07) is 2.88. The lowest BCUT2D eigenvalue weighted by atomic mass is 9.98. The summed E-state index contributed by atoms with van der Waals surface area (Å²) in [5.41, 5.74) is 1.51. The van der Waals surface area contributed by atoms with E-state index < -0.39 is 11.8 Å². The SMILES string of the molecule is CCOC(=O)C(=O)c1ccc(O)c(CN(C)C)c1C. The number of ether oxygens (including phenoxy) is 1. The minimum atomic E-state index is -0.868. The van der Waals surface area contributed by atoms with Gasteiger partial charge in [0.15, 0.2) is 0 Å². The van der Waals surface area contributed by atoms with Crippen molar-refractivity contribution in [2.75, 3.05) is 20.7 Å². The highest BCUT2D eigenvalue weighted by Gasteiger charge is 2.22. The molecule has 0 amide bonds. The van der Waals surface area contributed by atoms with Gasteiger partial charge in [-0.2, -0.15) is 0 Å². The molecule has 0 unspecified atom stereocenters. The Morgan fingerprint density at radius 2 is 1.95 bits per heavy atom. The zero-order chi connectivity index (χ0) is 14.6. The molecule has 0 aliphatic heterocycles. The predicted molar refractivity (Wildman–Crippen MR) is 71.2 cm³/mol. The van der Waals surface area contributed by atoms with Crippen LogP contribution in [0, 0.1) is 6.92 Å². The normalized spacial score (nSPS) is 10.6. The quantitative estimate of drug-likeness (QED) is 0.496. The van der Waals surface area contributed by atoms with Gasteiger partial charge in [-0.3, -0.25) is 4.79 Å². The molecule has 104 valence electrons. The molecule has 0 saturated carbocycles. The van der Waals surface area contributed by atoms with Gasteiger partial charge < -0.3 is 14.7 Å². The number of rotatable bonds is 5. The molecule has 0 aliphatic rings. The van der Waals surface area contributed by atoms with Crippen molar-refractivity contribution >= 4 is 11.8 Å². The molecule has 1 N–H and O–H groups in total. The molecule has 0 aliphatic carbocycles. The number of ketones is 1. The number of aromatic hydroxyl groups is 1. The molecule has 0 heterocycles. The minimum absolute atomic E-state index is 0.117. The lowest BCUT2D eigenvalue weighted by molar-refractivity contribution is -0.137. The molecule has 1 aromatic rings. The van der Waals surface area contributed by atoms with Gasteiger partial charge in [0.2, 0.25) is 0 Å².